The predicted molar refractivity (Wildman–Crippen MR) is 128 cm³/mol. The first-order valence-corrected chi connectivity index (χ1v) is 10.5. The number of ether oxygens (including phenoxy) is 3. The van der Waals surface area contributed by atoms with E-state index in [2.05, 4.69) is 4.98 Å². The summed E-state index contributed by atoms with van der Waals surface area (Å²) in [6.07, 6.45) is 3.25. The molecule has 8 heteroatoms. The lowest BCUT2D eigenvalue weighted by molar-refractivity contribution is 0.0588. The molecule has 174 valence electrons. The Balaban J connectivity index is 2.17. The van der Waals surface area contributed by atoms with Crippen LogP contribution in [0.5, 0.6) is 17.2 Å². The number of rotatable bonds is 6. The molecule has 0 saturated heterocycles. The number of aromatic nitrogens is 2. The number of methoxy groups -OCH3 is 3. The Labute approximate surface area is 196 Å². The maximum Gasteiger partial charge on any atom is 0.355 e. The number of aromatic hydroxyl groups is 1. The number of phenolic OH excluding ortho intramolecular Hbond substituents is 1. The number of nitrogens with zero attached hydrogens (tertiary/aromatic N) is 2. The molecule has 0 aliphatic heterocycles. The number of hydrogen-bond donors (Lipinski definition) is 1. The molecule has 0 saturated carbocycles. The minimum Gasteiger partial charge on any atom is -0.508 e. The Kier molecular flexibility index (Phi) is 6.23. The van der Waals surface area contributed by atoms with Crippen LogP contribution in [-0.4, -0.2) is 42.0 Å². The predicted octanol–water partition coefficient (Wildman–Crippen LogP) is 3.93. The summed E-state index contributed by atoms with van der Waals surface area (Å²) >= 11 is 0. The number of pyridine rings is 2. The fourth-order valence-corrected chi connectivity index (χ4v) is 4.09. The van der Waals surface area contributed by atoms with E-state index in [0.29, 0.717) is 28.0 Å². The van der Waals surface area contributed by atoms with Crippen molar-refractivity contribution in [3.63, 3.8) is 0 Å². The summed E-state index contributed by atoms with van der Waals surface area (Å²) in [5.41, 5.74) is 2.20. The fourth-order valence-electron chi connectivity index (χ4n) is 4.09. The van der Waals surface area contributed by atoms with E-state index in [1.165, 1.54) is 23.8 Å². The second kappa shape index (κ2) is 9.27. The average Bonchev–Trinajstić information content (AvgIpc) is 2.86. The molecule has 0 amide bonds. The highest BCUT2D eigenvalue weighted by molar-refractivity contribution is 6.07. The third-order valence-electron chi connectivity index (χ3n) is 5.74. The van der Waals surface area contributed by atoms with Crippen LogP contribution in [-0.2, 0) is 11.3 Å². The van der Waals surface area contributed by atoms with E-state index < -0.39 is 11.5 Å². The Morgan fingerprint density at radius 2 is 1.74 bits per heavy atom. The lowest BCUT2D eigenvalue weighted by Crippen LogP contribution is -2.28. The van der Waals surface area contributed by atoms with Gasteiger partial charge in [-0.2, -0.15) is 0 Å². The number of carbonyl (C=O) groups is 1. The number of hydrogen-bond acceptors (Lipinski definition) is 7. The van der Waals surface area contributed by atoms with Crippen molar-refractivity contribution in [2.24, 2.45) is 0 Å². The van der Waals surface area contributed by atoms with Crippen molar-refractivity contribution in [3.8, 4) is 28.4 Å². The van der Waals surface area contributed by atoms with E-state index in [-0.39, 0.29) is 23.4 Å². The number of phenols is 1. The molecule has 0 aliphatic carbocycles. The summed E-state index contributed by atoms with van der Waals surface area (Å²) in [6.45, 7) is 1.94. The maximum atomic E-state index is 13.6. The van der Waals surface area contributed by atoms with Crippen LogP contribution in [0.2, 0.25) is 0 Å². The third-order valence-corrected chi connectivity index (χ3v) is 5.74. The van der Waals surface area contributed by atoms with Gasteiger partial charge in [0.1, 0.15) is 22.9 Å². The third kappa shape index (κ3) is 3.94. The Morgan fingerprint density at radius 3 is 2.32 bits per heavy atom. The van der Waals surface area contributed by atoms with Gasteiger partial charge in [0, 0.05) is 23.5 Å². The topological polar surface area (TPSA) is 99.9 Å². The lowest BCUT2D eigenvalue weighted by atomic mass is 9.94. The van der Waals surface area contributed by atoms with Crippen LogP contribution in [0.25, 0.3) is 21.9 Å². The van der Waals surface area contributed by atoms with Crippen LogP contribution in [0.15, 0.2) is 59.7 Å². The first-order valence-electron chi connectivity index (χ1n) is 10.5. The highest BCUT2D eigenvalue weighted by Crippen LogP contribution is 2.39. The smallest absolute Gasteiger partial charge is 0.355 e. The first-order chi connectivity index (χ1) is 16.4. The molecule has 2 aromatic carbocycles. The molecule has 0 aliphatic rings. The zero-order valence-corrected chi connectivity index (χ0v) is 19.3. The van der Waals surface area contributed by atoms with E-state index >= 15 is 0 Å². The van der Waals surface area contributed by atoms with Gasteiger partial charge in [-0.1, -0.05) is 6.07 Å². The molecule has 0 radical (unpaired) electrons. The standard InChI is InChI=1S/C26H24N2O6/c1-15-21(32-2)10-17(11-22(15)33-3)23-19-8-7-18(29)12-20(19)25(30)28(24(23)26(31)34-4)14-16-6-5-9-27-13-16/h5-13,29H,14H2,1-4H3. The molecule has 0 spiro atoms. The molecule has 2 aromatic heterocycles. The van der Waals surface area contributed by atoms with Gasteiger partial charge in [0.2, 0.25) is 0 Å². The average molecular weight is 460 g/mol. The minimum absolute atomic E-state index is 0.0617. The zero-order chi connectivity index (χ0) is 24.4. The molecular formula is C26H24N2O6. The molecule has 8 nitrogen and oxygen atoms in total. The second-order valence-corrected chi connectivity index (χ2v) is 7.70. The Bertz CT molecular complexity index is 1420. The number of fused-ring (bicyclic) bond motifs is 1. The van der Waals surface area contributed by atoms with Crippen molar-refractivity contribution in [2.45, 2.75) is 13.5 Å². The molecule has 0 unspecified atom stereocenters. The molecule has 34 heavy (non-hydrogen) atoms. The van der Waals surface area contributed by atoms with Gasteiger partial charge in [0.25, 0.3) is 5.56 Å². The zero-order valence-electron chi connectivity index (χ0n) is 19.3. The van der Waals surface area contributed by atoms with Crippen molar-refractivity contribution in [1.82, 2.24) is 9.55 Å². The van der Waals surface area contributed by atoms with E-state index in [9.17, 15) is 14.7 Å². The second-order valence-electron chi connectivity index (χ2n) is 7.70. The molecular weight excluding hydrogens is 436 g/mol. The highest BCUT2D eigenvalue weighted by Gasteiger charge is 2.26. The van der Waals surface area contributed by atoms with Crippen LogP contribution >= 0.6 is 0 Å². The highest BCUT2D eigenvalue weighted by atomic mass is 16.5. The first kappa shape index (κ1) is 22.8. The van der Waals surface area contributed by atoms with Crippen LogP contribution in [0.1, 0.15) is 21.6 Å². The summed E-state index contributed by atoms with van der Waals surface area (Å²) in [5.74, 6) is 0.377. The largest absolute Gasteiger partial charge is 0.508 e. The maximum absolute atomic E-state index is 13.6. The van der Waals surface area contributed by atoms with E-state index in [1.54, 1.807) is 50.9 Å². The molecule has 1 N–H and O–H groups in total. The van der Waals surface area contributed by atoms with E-state index in [0.717, 1.165) is 11.1 Å². The van der Waals surface area contributed by atoms with Crippen molar-refractivity contribution in [1.29, 1.82) is 0 Å². The molecule has 4 rings (SSSR count). The number of benzene rings is 2. The minimum atomic E-state index is -0.676. The molecule has 0 bridgehead atoms. The SMILES string of the molecule is COC(=O)c1c(-c2cc(OC)c(C)c(OC)c2)c2ccc(O)cc2c(=O)n1Cc1cccnc1. The molecule has 0 atom stereocenters. The van der Waals surface area contributed by atoms with Gasteiger partial charge < -0.3 is 19.3 Å². The Hall–Kier alpha value is -4.33. The summed E-state index contributed by atoms with van der Waals surface area (Å²) in [6, 6.07) is 11.6. The van der Waals surface area contributed by atoms with Gasteiger partial charge in [-0.3, -0.25) is 14.3 Å². The summed E-state index contributed by atoms with van der Waals surface area (Å²) in [7, 11) is 4.36. The Morgan fingerprint density at radius 1 is 1.03 bits per heavy atom. The van der Waals surface area contributed by atoms with Crippen LogP contribution in [0, 0.1) is 6.92 Å². The number of esters is 1. The van der Waals surface area contributed by atoms with Crippen molar-refractivity contribution in [3.05, 3.63) is 82.0 Å². The van der Waals surface area contributed by atoms with Crippen LogP contribution < -0.4 is 15.0 Å². The van der Waals surface area contributed by atoms with Gasteiger partial charge >= 0.3 is 5.97 Å². The molecule has 0 fully saturated rings. The number of carbonyl (C=O) groups excluding carboxylic acids is 1. The monoisotopic (exact) mass is 460 g/mol. The quantitative estimate of drug-likeness (QED) is 0.435. The fraction of sp³-hybridized carbons (Fsp3) is 0.192. The van der Waals surface area contributed by atoms with Crippen molar-refractivity contribution >= 4 is 16.7 Å². The van der Waals surface area contributed by atoms with Crippen LogP contribution in [0.4, 0.5) is 0 Å². The van der Waals surface area contributed by atoms with Gasteiger partial charge in [0.05, 0.1) is 33.3 Å². The van der Waals surface area contributed by atoms with Gasteiger partial charge in [-0.15, -0.1) is 0 Å². The van der Waals surface area contributed by atoms with E-state index in [4.69, 9.17) is 14.2 Å². The normalized spacial score (nSPS) is 10.8. The summed E-state index contributed by atoms with van der Waals surface area (Å²) in [4.78, 5) is 30.8. The lowest BCUT2D eigenvalue weighted by Gasteiger charge is -2.20. The molecule has 2 heterocycles. The van der Waals surface area contributed by atoms with Gasteiger partial charge in [-0.25, -0.2) is 4.79 Å². The van der Waals surface area contributed by atoms with Gasteiger partial charge in [0.15, 0.2) is 0 Å². The van der Waals surface area contributed by atoms with E-state index in [1.807, 2.05) is 13.0 Å². The van der Waals surface area contributed by atoms with Gasteiger partial charge in [-0.05, 0) is 59.8 Å². The summed E-state index contributed by atoms with van der Waals surface area (Å²) in [5, 5.41) is 10.9. The van der Waals surface area contributed by atoms with Crippen LogP contribution in [0.3, 0.4) is 0 Å². The summed E-state index contributed by atoms with van der Waals surface area (Å²) < 4.78 is 17.5. The molecule has 4 aromatic rings. The van der Waals surface area contributed by atoms with Crippen molar-refractivity contribution < 1.29 is 24.1 Å². The van der Waals surface area contributed by atoms with Crippen molar-refractivity contribution in [2.75, 3.05) is 21.3 Å².